The fraction of sp³-hybridized carbons (Fsp3) is 0.267. The van der Waals surface area contributed by atoms with E-state index < -0.39 is 0 Å². The maximum absolute atomic E-state index is 12.2. The first-order chi connectivity index (χ1) is 17.9. The molecular formula is C30H34N6O. The van der Waals surface area contributed by atoms with Crippen molar-refractivity contribution < 1.29 is 4.79 Å². The highest BCUT2D eigenvalue weighted by atomic mass is 16.1. The van der Waals surface area contributed by atoms with Gasteiger partial charge in [-0.1, -0.05) is 30.8 Å². The normalized spacial score (nSPS) is 15.4. The lowest BCUT2D eigenvalue weighted by Crippen LogP contribution is -2.31. The van der Waals surface area contributed by atoms with Crippen LogP contribution in [0.2, 0.25) is 0 Å². The molecule has 2 N–H and O–H groups in total. The summed E-state index contributed by atoms with van der Waals surface area (Å²) in [5.41, 5.74) is 6.41. The van der Waals surface area contributed by atoms with Crippen LogP contribution >= 0.6 is 0 Å². The molecule has 2 aromatic heterocycles. The van der Waals surface area contributed by atoms with Crippen molar-refractivity contribution in [1.29, 1.82) is 0 Å². The van der Waals surface area contributed by atoms with Gasteiger partial charge in [-0.3, -0.25) is 4.79 Å². The fourth-order valence-electron chi connectivity index (χ4n) is 5.09. The number of amides is 1. The second-order valence-electron chi connectivity index (χ2n) is 9.85. The summed E-state index contributed by atoms with van der Waals surface area (Å²) in [7, 11) is 6.31. The summed E-state index contributed by atoms with van der Waals surface area (Å²) in [5.74, 6) is 0.596. The number of carbonyl (C=O) groups is 1. The molecule has 1 unspecified atom stereocenters. The zero-order valence-corrected chi connectivity index (χ0v) is 21.7. The number of fused-ring (bicyclic) bond motifs is 1. The summed E-state index contributed by atoms with van der Waals surface area (Å²) in [5, 5.41) is 7.69. The smallest absolute Gasteiger partial charge is 0.247 e. The number of aryl methyl sites for hydroxylation is 1. The summed E-state index contributed by atoms with van der Waals surface area (Å²) in [4.78, 5) is 21.3. The molecule has 0 radical (unpaired) electrons. The van der Waals surface area contributed by atoms with Gasteiger partial charge in [0.2, 0.25) is 5.91 Å². The van der Waals surface area contributed by atoms with E-state index in [0.717, 1.165) is 47.8 Å². The first-order valence-corrected chi connectivity index (χ1v) is 12.6. The molecule has 4 aromatic rings. The Labute approximate surface area is 218 Å². The summed E-state index contributed by atoms with van der Waals surface area (Å²) in [6, 6.07) is 19.3. The van der Waals surface area contributed by atoms with Crippen LogP contribution in [0.25, 0.3) is 22.0 Å². The summed E-state index contributed by atoms with van der Waals surface area (Å²) in [6.45, 7) is 6.10. The summed E-state index contributed by atoms with van der Waals surface area (Å²) >= 11 is 0. The van der Waals surface area contributed by atoms with E-state index in [1.165, 1.54) is 22.5 Å². The number of pyridine rings is 1. The first-order valence-electron chi connectivity index (χ1n) is 12.6. The van der Waals surface area contributed by atoms with Crippen molar-refractivity contribution in [2.75, 3.05) is 42.7 Å². The van der Waals surface area contributed by atoms with Gasteiger partial charge in [0.15, 0.2) is 0 Å². The zero-order chi connectivity index (χ0) is 25.9. The molecule has 3 heterocycles. The van der Waals surface area contributed by atoms with E-state index in [1.807, 2.05) is 18.3 Å². The predicted octanol–water partition coefficient (Wildman–Crippen LogP) is 5.12. The number of benzene rings is 2. The average Bonchev–Trinajstić information content (AvgIpc) is 3.53. The second-order valence-corrected chi connectivity index (χ2v) is 9.85. The third kappa shape index (κ3) is 5.22. The number of hydrogen-bond donors (Lipinski definition) is 2. The minimum atomic E-state index is -0.209. The fourth-order valence-corrected chi connectivity index (χ4v) is 5.09. The molecule has 7 nitrogen and oxygen atoms in total. The van der Waals surface area contributed by atoms with E-state index in [9.17, 15) is 4.79 Å². The monoisotopic (exact) mass is 494 g/mol. The Kier molecular flexibility index (Phi) is 6.97. The van der Waals surface area contributed by atoms with Crippen LogP contribution in [0, 0.1) is 0 Å². The molecular weight excluding hydrogens is 460 g/mol. The minimum Gasteiger partial charge on any atom is -0.368 e. The number of hydrogen-bond acceptors (Lipinski definition) is 5. The Hall–Kier alpha value is -4.10. The lowest BCUT2D eigenvalue weighted by Gasteiger charge is -2.24. The maximum atomic E-state index is 12.2. The van der Waals surface area contributed by atoms with Gasteiger partial charge in [0.1, 0.15) is 5.82 Å². The first kappa shape index (κ1) is 24.6. The summed E-state index contributed by atoms with van der Waals surface area (Å²) in [6.07, 6.45) is 6.41. The zero-order valence-electron chi connectivity index (χ0n) is 21.7. The van der Waals surface area contributed by atoms with Crippen molar-refractivity contribution >= 4 is 34.0 Å². The molecule has 1 fully saturated rings. The van der Waals surface area contributed by atoms with E-state index in [4.69, 9.17) is 0 Å². The minimum absolute atomic E-state index is 0.209. The molecule has 1 atom stereocenters. The van der Waals surface area contributed by atoms with Crippen LogP contribution in [-0.2, 0) is 18.4 Å². The van der Waals surface area contributed by atoms with Gasteiger partial charge in [-0.25, -0.2) is 4.98 Å². The number of para-hydroxylation sites is 1. The van der Waals surface area contributed by atoms with Gasteiger partial charge in [-0.15, -0.1) is 0 Å². The van der Waals surface area contributed by atoms with Crippen LogP contribution in [0.4, 0.5) is 17.2 Å². The average molecular weight is 495 g/mol. The molecule has 190 valence electrons. The molecule has 2 aromatic carbocycles. The van der Waals surface area contributed by atoms with Crippen LogP contribution in [0.3, 0.4) is 0 Å². The van der Waals surface area contributed by atoms with Gasteiger partial charge >= 0.3 is 0 Å². The number of nitrogens with one attached hydrogen (secondary N) is 2. The Morgan fingerprint density at radius 1 is 1.19 bits per heavy atom. The molecule has 1 saturated heterocycles. The highest BCUT2D eigenvalue weighted by molar-refractivity contribution is 6.01. The molecule has 1 amide bonds. The van der Waals surface area contributed by atoms with Gasteiger partial charge in [0, 0.05) is 61.6 Å². The van der Waals surface area contributed by atoms with Crippen molar-refractivity contribution in [1.82, 2.24) is 14.5 Å². The van der Waals surface area contributed by atoms with Crippen molar-refractivity contribution in [2.45, 2.75) is 19.0 Å². The molecule has 1 aliphatic heterocycles. The van der Waals surface area contributed by atoms with Gasteiger partial charge in [-0.05, 0) is 68.1 Å². The van der Waals surface area contributed by atoms with Crippen molar-refractivity contribution in [3.63, 3.8) is 0 Å². The second kappa shape index (κ2) is 10.5. The lowest BCUT2D eigenvalue weighted by atomic mass is 10.1. The highest BCUT2D eigenvalue weighted by Crippen LogP contribution is 2.33. The molecule has 1 aliphatic rings. The van der Waals surface area contributed by atoms with E-state index in [1.54, 1.807) is 0 Å². The maximum Gasteiger partial charge on any atom is 0.247 e. The number of anilines is 3. The molecule has 0 aliphatic carbocycles. The van der Waals surface area contributed by atoms with Crippen LogP contribution in [0.1, 0.15) is 12.0 Å². The topological polar surface area (TPSA) is 65.4 Å². The molecule has 0 saturated carbocycles. The lowest BCUT2D eigenvalue weighted by molar-refractivity contribution is -0.111. The van der Waals surface area contributed by atoms with Gasteiger partial charge in [-0.2, -0.15) is 0 Å². The van der Waals surface area contributed by atoms with Crippen LogP contribution in [0.5, 0.6) is 0 Å². The van der Waals surface area contributed by atoms with Crippen molar-refractivity contribution in [3.8, 4) is 11.1 Å². The Bertz CT molecular complexity index is 1440. The molecule has 37 heavy (non-hydrogen) atoms. The number of rotatable bonds is 8. The Morgan fingerprint density at radius 2 is 2.03 bits per heavy atom. The highest BCUT2D eigenvalue weighted by Gasteiger charge is 2.26. The SMILES string of the molecule is C=CC(=O)Nc1cc(CNc2cc(-c3cn(C)c4ccccc34)ccn2)ccc1N1CCC(N(C)C)C1. The number of nitrogens with zero attached hydrogens (tertiary/aromatic N) is 4. The number of carbonyl (C=O) groups excluding carboxylic acids is 1. The van der Waals surface area contributed by atoms with E-state index in [-0.39, 0.29) is 5.91 Å². The van der Waals surface area contributed by atoms with Crippen molar-refractivity contribution in [2.24, 2.45) is 7.05 Å². The van der Waals surface area contributed by atoms with Gasteiger partial charge in [0.25, 0.3) is 0 Å². The molecule has 0 bridgehead atoms. The van der Waals surface area contributed by atoms with Gasteiger partial charge in [0.05, 0.1) is 11.4 Å². The van der Waals surface area contributed by atoms with Crippen LogP contribution in [0.15, 0.2) is 79.6 Å². The van der Waals surface area contributed by atoms with Crippen molar-refractivity contribution in [3.05, 3.63) is 85.2 Å². The van der Waals surface area contributed by atoms with E-state index >= 15 is 0 Å². The standard InChI is InChI=1S/C30H34N6O/c1-5-30(37)33-26-16-21(10-11-28(26)36-15-13-23(19-36)34(2)3)18-32-29-17-22(12-14-31-29)25-20-35(4)27-9-7-6-8-24(25)27/h5-12,14,16-17,20,23H,1,13,15,18-19H2,2-4H3,(H,31,32)(H,33,37). The largest absolute Gasteiger partial charge is 0.368 e. The van der Waals surface area contributed by atoms with E-state index in [0.29, 0.717) is 12.6 Å². The third-order valence-corrected chi connectivity index (χ3v) is 7.18. The van der Waals surface area contributed by atoms with Crippen LogP contribution in [-0.4, -0.2) is 53.6 Å². The Balaban J connectivity index is 1.36. The van der Waals surface area contributed by atoms with E-state index in [2.05, 4.69) is 106 Å². The molecule has 5 rings (SSSR count). The Morgan fingerprint density at radius 3 is 2.81 bits per heavy atom. The quantitative estimate of drug-likeness (QED) is 0.333. The summed E-state index contributed by atoms with van der Waals surface area (Å²) < 4.78 is 2.15. The molecule has 0 spiro atoms. The number of aromatic nitrogens is 2. The van der Waals surface area contributed by atoms with Gasteiger partial charge < -0.3 is 25.0 Å². The third-order valence-electron chi connectivity index (χ3n) is 7.18. The van der Waals surface area contributed by atoms with Crippen LogP contribution < -0.4 is 15.5 Å². The predicted molar refractivity (Wildman–Crippen MR) is 153 cm³/mol. The number of likely N-dealkylation sites (N-methyl/N-ethyl adjacent to an activating group) is 1. The molecule has 7 heteroatoms.